The number of nitrogens with zero attached hydrogens (tertiary/aromatic N) is 2. The molecule has 1 heterocycles. The summed E-state index contributed by atoms with van der Waals surface area (Å²) in [5.41, 5.74) is 0. The lowest BCUT2D eigenvalue weighted by atomic mass is 10.2. The van der Waals surface area contributed by atoms with Crippen LogP contribution in [0.4, 0.5) is 0 Å². The predicted octanol–water partition coefficient (Wildman–Crippen LogP) is 2.17. The normalized spacial score (nSPS) is 25.9. The number of guanidine groups is 1. The van der Waals surface area contributed by atoms with Gasteiger partial charge in [-0.25, -0.2) is 0 Å². The Morgan fingerprint density at radius 1 is 1.30 bits per heavy atom. The van der Waals surface area contributed by atoms with E-state index in [2.05, 4.69) is 28.7 Å². The third-order valence-corrected chi connectivity index (χ3v) is 5.50. The number of nitrogens with one attached hydrogen (secondary N) is 2. The van der Waals surface area contributed by atoms with Gasteiger partial charge in [-0.2, -0.15) is 11.8 Å². The Morgan fingerprint density at radius 2 is 2.09 bits per heavy atom. The summed E-state index contributed by atoms with van der Waals surface area (Å²) in [5, 5.41) is 7.81. The molecule has 1 aliphatic carbocycles. The third-order valence-electron chi connectivity index (χ3n) is 4.41. The van der Waals surface area contributed by atoms with Crippen LogP contribution in [-0.2, 0) is 4.74 Å². The minimum absolute atomic E-state index is 0. The van der Waals surface area contributed by atoms with Gasteiger partial charge in [0, 0.05) is 44.0 Å². The molecule has 2 N–H and O–H groups in total. The molecule has 2 fully saturated rings. The van der Waals surface area contributed by atoms with Gasteiger partial charge in [-0.3, -0.25) is 9.89 Å². The van der Waals surface area contributed by atoms with Crippen LogP contribution in [0, 0.1) is 0 Å². The molecule has 136 valence electrons. The van der Waals surface area contributed by atoms with Gasteiger partial charge in [-0.15, -0.1) is 24.0 Å². The van der Waals surface area contributed by atoms with E-state index >= 15 is 0 Å². The van der Waals surface area contributed by atoms with E-state index in [1.54, 1.807) is 0 Å². The van der Waals surface area contributed by atoms with Crippen LogP contribution in [0.3, 0.4) is 0 Å². The van der Waals surface area contributed by atoms with Crippen LogP contribution in [0.15, 0.2) is 4.99 Å². The first-order chi connectivity index (χ1) is 10.8. The molecule has 0 bridgehead atoms. The lowest BCUT2D eigenvalue weighted by molar-refractivity contribution is 0.0377. The molecule has 23 heavy (non-hydrogen) atoms. The van der Waals surface area contributed by atoms with Crippen LogP contribution < -0.4 is 10.6 Å². The van der Waals surface area contributed by atoms with Gasteiger partial charge in [-0.1, -0.05) is 0 Å². The van der Waals surface area contributed by atoms with Crippen molar-refractivity contribution in [1.82, 2.24) is 15.5 Å². The molecule has 1 saturated heterocycles. The molecule has 5 nitrogen and oxygen atoms in total. The molecule has 0 amide bonds. The van der Waals surface area contributed by atoms with Crippen LogP contribution in [-0.4, -0.2) is 74.3 Å². The first-order valence-corrected chi connectivity index (χ1v) is 9.98. The van der Waals surface area contributed by atoms with Gasteiger partial charge in [-0.05, 0) is 38.9 Å². The number of rotatable bonds is 7. The van der Waals surface area contributed by atoms with Crippen LogP contribution >= 0.6 is 35.7 Å². The Labute approximate surface area is 162 Å². The molecule has 0 aromatic carbocycles. The monoisotopic (exact) mass is 456 g/mol. The van der Waals surface area contributed by atoms with E-state index in [0.717, 1.165) is 63.6 Å². The summed E-state index contributed by atoms with van der Waals surface area (Å²) >= 11 is 2.00. The van der Waals surface area contributed by atoms with E-state index in [9.17, 15) is 0 Å². The standard InChI is InChI=1S/C16H32N4OS.HI/c1-3-17-16(19-14-5-6-15(13-14)22-2)18-7-4-8-20-9-11-21-12-10-20;/h14-15H,3-13H2,1-2H3,(H2,17,18,19);1H. The highest BCUT2D eigenvalue weighted by molar-refractivity contribution is 14.0. The number of hydrogen-bond acceptors (Lipinski definition) is 4. The SMILES string of the molecule is CCNC(=NCCCN1CCOCC1)NC1CCC(SC)C1.I. The smallest absolute Gasteiger partial charge is 0.191 e. The highest BCUT2D eigenvalue weighted by atomic mass is 127. The van der Waals surface area contributed by atoms with Crippen LogP contribution in [0.2, 0.25) is 0 Å². The average Bonchev–Trinajstić information content (AvgIpc) is 3.00. The maximum absolute atomic E-state index is 5.38. The number of aliphatic imine (C=N–C) groups is 1. The predicted molar refractivity (Wildman–Crippen MR) is 111 cm³/mol. The fourth-order valence-electron chi connectivity index (χ4n) is 3.11. The molecule has 0 spiro atoms. The van der Waals surface area contributed by atoms with Crippen molar-refractivity contribution in [3.63, 3.8) is 0 Å². The second-order valence-corrected chi connectivity index (χ2v) is 7.22. The molecule has 0 radical (unpaired) electrons. The summed E-state index contributed by atoms with van der Waals surface area (Å²) in [5.74, 6) is 0.997. The summed E-state index contributed by atoms with van der Waals surface area (Å²) in [6, 6.07) is 0.592. The van der Waals surface area contributed by atoms with Gasteiger partial charge in [0.25, 0.3) is 0 Å². The first kappa shape index (κ1) is 21.3. The van der Waals surface area contributed by atoms with Crippen molar-refractivity contribution < 1.29 is 4.74 Å². The number of morpholine rings is 1. The molecular formula is C16H33IN4OS. The van der Waals surface area contributed by atoms with E-state index in [4.69, 9.17) is 9.73 Å². The summed E-state index contributed by atoms with van der Waals surface area (Å²) in [4.78, 5) is 7.21. The molecular weight excluding hydrogens is 423 g/mol. The molecule has 1 aliphatic heterocycles. The van der Waals surface area contributed by atoms with E-state index in [1.165, 1.54) is 19.3 Å². The lowest BCUT2D eigenvalue weighted by Crippen LogP contribution is -2.42. The van der Waals surface area contributed by atoms with Gasteiger partial charge in [0.1, 0.15) is 0 Å². The summed E-state index contributed by atoms with van der Waals surface area (Å²) < 4.78 is 5.38. The van der Waals surface area contributed by atoms with E-state index in [1.807, 2.05) is 11.8 Å². The summed E-state index contributed by atoms with van der Waals surface area (Å²) in [7, 11) is 0. The Balaban J connectivity index is 0.00000264. The second kappa shape index (κ2) is 12.6. The van der Waals surface area contributed by atoms with Gasteiger partial charge in [0.05, 0.1) is 13.2 Å². The molecule has 7 heteroatoms. The largest absolute Gasteiger partial charge is 0.379 e. The highest BCUT2D eigenvalue weighted by Gasteiger charge is 2.24. The highest BCUT2D eigenvalue weighted by Crippen LogP contribution is 2.27. The zero-order valence-electron chi connectivity index (χ0n) is 14.6. The van der Waals surface area contributed by atoms with Gasteiger partial charge >= 0.3 is 0 Å². The van der Waals surface area contributed by atoms with Crippen LogP contribution in [0.25, 0.3) is 0 Å². The second-order valence-electron chi connectivity index (χ2n) is 6.08. The van der Waals surface area contributed by atoms with E-state index < -0.39 is 0 Å². The molecule has 0 aromatic rings. The minimum Gasteiger partial charge on any atom is -0.379 e. The third kappa shape index (κ3) is 8.27. The topological polar surface area (TPSA) is 48.9 Å². The van der Waals surface area contributed by atoms with Crippen molar-refractivity contribution in [1.29, 1.82) is 0 Å². The Hall–Kier alpha value is 0.270. The molecule has 1 saturated carbocycles. The molecule has 2 rings (SSSR count). The van der Waals surface area contributed by atoms with Crippen molar-refractivity contribution in [2.45, 2.75) is 43.9 Å². The van der Waals surface area contributed by atoms with Gasteiger partial charge < -0.3 is 15.4 Å². The molecule has 2 unspecified atom stereocenters. The summed E-state index contributed by atoms with van der Waals surface area (Å²) in [6.07, 6.45) is 7.20. The van der Waals surface area contributed by atoms with E-state index in [-0.39, 0.29) is 24.0 Å². The zero-order chi connectivity index (χ0) is 15.6. The van der Waals surface area contributed by atoms with Crippen LogP contribution in [0.1, 0.15) is 32.6 Å². The van der Waals surface area contributed by atoms with Gasteiger partial charge in [0.2, 0.25) is 0 Å². The van der Waals surface area contributed by atoms with Crippen molar-refractivity contribution in [2.75, 3.05) is 52.2 Å². The fourth-order valence-corrected chi connectivity index (χ4v) is 3.91. The first-order valence-electron chi connectivity index (χ1n) is 8.69. The number of halogens is 1. The maximum Gasteiger partial charge on any atom is 0.191 e. The molecule has 2 aliphatic rings. The zero-order valence-corrected chi connectivity index (χ0v) is 17.7. The Bertz CT molecular complexity index is 340. The number of ether oxygens (including phenoxy) is 1. The van der Waals surface area contributed by atoms with Crippen molar-refractivity contribution in [3.8, 4) is 0 Å². The fraction of sp³-hybridized carbons (Fsp3) is 0.938. The number of thioether (sulfide) groups is 1. The molecule has 0 aromatic heterocycles. The van der Waals surface area contributed by atoms with Gasteiger partial charge in [0.15, 0.2) is 5.96 Å². The minimum atomic E-state index is 0. The lowest BCUT2D eigenvalue weighted by Gasteiger charge is -2.26. The molecule has 2 atom stereocenters. The Morgan fingerprint density at radius 3 is 2.74 bits per heavy atom. The number of hydrogen-bond donors (Lipinski definition) is 2. The summed E-state index contributed by atoms with van der Waals surface area (Å²) in [6.45, 7) is 8.98. The van der Waals surface area contributed by atoms with Crippen LogP contribution in [0.5, 0.6) is 0 Å². The Kier molecular flexibility index (Phi) is 11.7. The quantitative estimate of drug-likeness (QED) is 0.266. The van der Waals surface area contributed by atoms with E-state index in [0.29, 0.717) is 6.04 Å². The average molecular weight is 456 g/mol. The maximum atomic E-state index is 5.38. The van der Waals surface area contributed by atoms with Crippen molar-refractivity contribution in [3.05, 3.63) is 0 Å². The van der Waals surface area contributed by atoms with Crippen molar-refractivity contribution >= 4 is 41.7 Å². The van der Waals surface area contributed by atoms with Crippen molar-refractivity contribution in [2.24, 2.45) is 4.99 Å².